The first-order valence-electron chi connectivity index (χ1n) is 8.41. The van der Waals surface area contributed by atoms with Crippen LogP contribution < -0.4 is 10.8 Å². The number of tetrazole rings is 1. The van der Waals surface area contributed by atoms with E-state index in [1.54, 1.807) is 31.2 Å². The molecular weight excluding hydrogens is 404 g/mol. The van der Waals surface area contributed by atoms with Gasteiger partial charge in [-0.2, -0.15) is 19.1 Å². The first-order valence-corrected chi connectivity index (χ1v) is 8.78. The van der Waals surface area contributed by atoms with Crippen molar-refractivity contribution < 1.29 is 13.6 Å². The van der Waals surface area contributed by atoms with Gasteiger partial charge in [0.25, 0.3) is 0 Å². The Hall–Kier alpha value is -3.40. The number of fused-ring (bicyclic) bond motifs is 1. The number of nitrogens with zero attached hydrogens (tertiary/aromatic N) is 6. The van der Waals surface area contributed by atoms with Crippen molar-refractivity contribution in [3.8, 4) is 0 Å². The number of aryl methyl sites for hydroxylation is 1. The number of halogens is 3. The molecule has 0 saturated heterocycles. The maximum absolute atomic E-state index is 14.7. The SMILES string of the molecule is Cc1nn(Cc2c(Cl)cccc2C(N)=O)c2cc(C(F)(F)c3nnn[n-]3)ccc12. The van der Waals surface area contributed by atoms with Gasteiger partial charge >= 0.3 is 5.92 Å². The summed E-state index contributed by atoms with van der Waals surface area (Å²) in [6, 6.07) is 8.90. The second kappa shape index (κ2) is 6.89. The summed E-state index contributed by atoms with van der Waals surface area (Å²) >= 11 is 6.25. The molecule has 2 aromatic carbocycles. The van der Waals surface area contributed by atoms with Crippen LogP contribution in [0.15, 0.2) is 36.4 Å². The van der Waals surface area contributed by atoms with Crippen LogP contribution in [0.4, 0.5) is 8.78 Å². The number of nitrogens with two attached hydrogens (primary N) is 1. The van der Waals surface area contributed by atoms with E-state index in [0.29, 0.717) is 27.2 Å². The quantitative estimate of drug-likeness (QED) is 0.534. The number of carbonyl (C=O) groups is 1. The van der Waals surface area contributed by atoms with Crippen LogP contribution in [0.2, 0.25) is 5.02 Å². The molecule has 0 aliphatic rings. The first kappa shape index (κ1) is 18.9. The molecule has 0 atom stereocenters. The van der Waals surface area contributed by atoms with E-state index in [-0.39, 0.29) is 17.7 Å². The lowest BCUT2D eigenvalue weighted by molar-refractivity contribution is 0.0324. The molecule has 0 bridgehead atoms. The van der Waals surface area contributed by atoms with Crippen LogP contribution in [0.3, 0.4) is 0 Å². The number of carbonyl (C=O) groups excluding carboxylic acids is 1. The van der Waals surface area contributed by atoms with Crippen LogP contribution in [0.5, 0.6) is 0 Å². The van der Waals surface area contributed by atoms with Crippen molar-refractivity contribution in [1.29, 1.82) is 0 Å². The molecule has 0 fully saturated rings. The van der Waals surface area contributed by atoms with Gasteiger partial charge < -0.3 is 10.8 Å². The zero-order valence-electron chi connectivity index (χ0n) is 15.0. The Morgan fingerprint density at radius 3 is 2.79 bits per heavy atom. The molecule has 29 heavy (non-hydrogen) atoms. The van der Waals surface area contributed by atoms with E-state index >= 15 is 0 Å². The average Bonchev–Trinajstić information content (AvgIpc) is 3.32. The monoisotopic (exact) mass is 416 g/mol. The van der Waals surface area contributed by atoms with E-state index in [4.69, 9.17) is 17.3 Å². The summed E-state index contributed by atoms with van der Waals surface area (Å²) in [6.45, 7) is 1.83. The van der Waals surface area contributed by atoms with E-state index in [1.807, 2.05) is 0 Å². The van der Waals surface area contributed by atoms with Gasteiger partial charge in [-0.3, -0.25) is 19.8 Å². The molecule has 0 radical (unpaired) electrons. The third-order valence-electron chi connectivity index (χ3n) is 4.59. The summed E-state index contributed by atoms with van der Waals surface area (Å²) in [5.41, 5.74) is 6.86. The molecule has 2 N–H and O–H groups in total. The molecule has 4 aromatic rings. The number of benzene rings is 2. The highest BCUT2D eigenvalue weighted by molar-refractivity contribution is 6.31. The minimum absolute atomic E-state index is 0.0767. The van der Waals surface area contributed by atoms with E-state index in [1.165, 1.54) is 16.8 Å². The Morgan fingerprint density at radius 2 is 2.10 bits per heavy atom. The third kappa shape index (κ3) is 3.21. The van der Waals surface area contributed by atoms with Gasteiger partial charge in [-0.25, -0.2) is 0 Å². The molecule has 0 aliphatic heterocycles. The maximum atomic E-state index is 14.7. The summed E-state index contributed by atoms with van der Waals surface area (Å²) in [4.78, 5) is 11.8. The van der Waals surface area contributed by atoms with Crippen molar-refractivity contribution >= 4 is 28.4 Å². The Morgan fingerprint density at radius 1 is 1.31 bits per heavy atom. The minimum Gasteiger partial charge on any atom is -0.366 e. The molecule has 0 unspecified atom stereocenters. The highest BCUT2D eigenvalue weighted by Gasteiger charge is 2.34. The van der Waals surface area contributed by atoms with Gasteiger partial charge in [-0.15, -0.1) is 0 Å². The Kier molecular flexibility index (Phi) is 4.50. The lowest BCUT2D eigenvalue weighted by Crippen LogP contribution is -2.18. The summed E-state index contributed by atoms with van der Waals surface area (Å²) in [6.07, 6.45) is 0. The Bertz CT molecular complexity index is 1220. The number of amides is 1. The number of aromatic nitrogens is 6. The van der Waals surface area contributed by atoms with Crippen molar-refractivity contribution in [1.82, 2.24) is 30.4 Å². The van der Waals surface area contributed by atoms with E-state index in [2.05, 4.69) is 25.7 Å². The minimum atomic E-state index is -3.48. The van der Waals surface area contributed by atoms with Crippen molar-refractivity contribution in [2.24, 2.45) is 5.73 Å². The van der Waals surface area contributed by atoms with Crippen molar-refractivity contribution in [2.45, 2.75) is 19.4 Å². The number of primary amides is 1. The van der Waals surface area contributed by atoms with E-state index in [0.717, 1.165) is 0 Å². The number of hydrogen-bond donors (Lipinski definition) is 1. The summed E-state index contributed by atoms with van der Waals surface area (Å²) in [5, 5.41) is 18.2. The van der Waals surface area contributed by atoms with Gasteiger partial charge in [-0.05, 0) is 25.1 Å². The molecule has 148 valence electrons. The Balaban J connectivity index is 1.84. The third-order valence-corrected chi connectivity index (χ3v) is 4.94. The van der Waals surface area contributed by atoms with Crippen LogP contribution in [0.1, 0.15) is 33.0 Å². The topological polar surface area (TPSA) is 114 Å². The lowest BCUT2D eigenvalue weighted by Gasteiger charge is -2.17. The second-order valence-electron chi connectivity index (χ2n) is 6.38. The van der Waals surface area contributed by atoms with Gasteiger partial charge in [0.2, 0.25) is 5.91 Å². The molecule has 1 amide bonds. The first-order chi connectivity index (χ1) is 13.8. The second-order valence-corrected chi connectivity index (χ2v) is 6.79. The maximum Gasteiger partial charge on any atom is 0.305 e. The van der Waals surface area contributed by atoms with Crippen molar-refractivity contribution in [3.63, 3.8) is 0 Å². The molecule has 0 aliphatic carbocycles. The lowest BCUT2D eigenvalue weighted by atomic mass is 10.0. The van der Waals surface area contributed by atoms with Gasteiger partial charge in [0, 0.05) is 27.1 Å². The fraction of sp³-hybridized carbons (Fsp3) is 0.167. The van der Waals surface area contributed by atoms with Crippen molar-refractivity contribution in [3.05, 3.63) is 69.6 Å². The molecular formula is C18H13ClF2N7O-. The molecule has 8 nitrogen and oxygen atoms in total. The summed E-state index contributed by atoms with van der Waals surface area (Å²) in [7, 11) is 0. The molecule has 4 rings (SSSR count). The predicted molar refractivity (Wildman–Crippen MR) is 99.7 cm³/mol. The Labute approximate surface area is 167 Å². The molecule has 11 heteroatoms. The van der Waals surface area contributed by atoms with Crippen LogP contribution in [-0.4, -0.2) is 31.2 Å². The van der Waals surface area contributed by atoms with Crippen LogP contribution in [0.25, 0.3) is 10.9 Å². The fourth-order valence-electron chi connectivity index (χ4n) is 3.16. The standard InChI is InChI=1S/C18H14ClF2N7O/c1-9-11-6-5-10(18(20,21)17-23-26-27-24-17)7-15(11)28(25-9)8-13-12(16(22)29)3-2-4-14(13)19/h2-7H,8H2,1H3,(H3,22,23,24,26,27,29)/p-1. The van der Waals surface area contributed by atoms with Gasteiger partial charge in [0.05, 0.1) is 23.6 Å². The summed E-state index contributed by atoms with van der Waals surface area (Å²) < 4.78 is 31.0. The predicted octanol–water partition coefficient (Wildman–Crippen LogP) is 2.43. The number of rotatable bonds is 5. The largest absolute Gasteiger partial charge is 0.366 e. The highest BCUT2D eigenvalue weighted by Crippen LogP contribution is 2.35. The zero-order valence-corrected chi connectivity index (χ0v) is 15.7. The molecule has 2 aromatic heterocycles. The van der Waals surface area contributed by atoms with Crippen molar-refractivity contribution in [2.75, 3.05) is 0 Å². The molecule has 0 spiro atoms. The van der Waals surface area contributed by atoms with Gasteiger partial charge in [0.1, 0.15) is 0 Å². The van der Waals surface area contributed by atoms with Gasteiger partial charge in [-0.1, -0.05) is 29.8 Å². The number of hydrogen-bond acceptors (Lipinski definition) is 5. The molecule has 0 saturated carbocycles. The van der Waals surface area contributed by atoms with Crippen LogP contribution in [0, 0.1) is 6.92 Å². The van der Waals surface area contributed by atoms with E-state index < -0.39 is 17.7 Å². The fourth-order valence-corrected chi connectivity index (χ4v) is 3.39. The smallest absolute Gasteiger partial charge is 0.305 e. The molecule has 2 heterocycles. The van der Waals surface area contributed by atoms with Crippen LogP contribution in [-0.2, 0) is 12.5 Å². The zero-order chi connectivity index (χ0) is 20.8. The summed E-state index contributed by atoms with van der Waals surface area (Å²) in [5.74, 6) is -4.92. The normalized spacial score (nSPS) is 11.9. The van der Waals surface area contributed by atoms with Gasteiger partial charge in [0.15, 0.2) is 0 Å². The van der Waals surface area contributed by atoms with E-state index in [9.17, 15) is 13.6 Å². The van der Waals surface area contributed by atoms with Crippen LogP contribution >= 0.6 is 11.6 Å². The average molecular weight is 417 g/mol. The number of alkyl halides is 2. The highest BCUT2D eigenvalue weighted by atomic mass is 35.5.